The van der Waals surface area contributed by atoms with E-state index in [1.165, 1.54) is 7.11 Å². The fourth-order valence-electron chi connectivity index (χ4n) is 1.76. The smallest absolute Gasteiger partial charge is 0.305 e. The van der Waals surface area contributed by atoms with Gasteiger partial charge in [0.2, 0.25) is 0 Å². The zero-order valence-electron chi connectivity index (χ0n) is 11.7. The van der Waals surface area contributed by atoms with Gasteiger partial charge in [0.05, 0.1) is 13.2 Å². The summed E-state index contributed by atoms with van der Waals surface area (Å²) >= 11 is 0. The summed E-state index contributed by atoms with van der Waals surface area (Å²) in [5.74, 6) is -0.314. The molecule has 3 N–H and O–H groups in total. The molecule has 5 nitrogen and oxygen atoms in total. The van der Waals surface area contributed by atoms with Crippen molar-refractivity contribution in [3.05, 3.63) is 29.8 Å². The van der Waals surface area contributed by atoms with E-state index in [2.05, 4.69) is 4.74 Å². The van der Waals surface area contributed by atoms with E-state index in [9.17, 15) is 9.90 Å². The number of carbonyl (C=O) groups excluding carboxylic acids is 1. The van der Waals surface area contributed by atoms with Crippen LogP contribution in [0.2, 0.25) is 0 Å². The van der Waals surface area contributed by atoms with E-state index in [4.69, 9.17) is 5.73 Å². The van der Waals surface area contributed by atoms with E-state index >= 15 is 0 Å². The summed E-state index contributed by atoms with van der Waals surface area (Å²) in [6.07, 6.45) is -0.172. The second kappa shape index (κ2) is 7.11. The lowest BCUT2D eigenvalue weighted by Crippen LogP contribution is -2.29. The third kappa shape index (κ3) is 4.54. The van der Waals surface area contributed by atoms with Gasteiger partial charge in [-0.25, -0.2) is 0 Å². The molecular weight excluding hydrogens is 244 g/mol. The predicted octanol–water partition coefficient (Wildman–Crippen LogP) is 1.07. The Hall–Kier alpha value is -1.59. The summed E-state index contributed by atoms with van der Waals surface area (Å²) in [4.78, 5) is 13.0. The number of anilines is 1. The van der Waals surface area contributed by atoms with Crippen LogP contribution in [0.1, 0.15) is 24.5 Å². The van der Waals surface area contributed by atoms with Crippen molar-refractivity contribution in [2.45, 2.75) is 25.0 Å². The number of benzene rings is 1. The molecule has 0 amide bonds. The van der Waals surface area contributed by atoms with Crippen LogP contribution in [0, 0.1) is 0 Å². The highest BCUT2D eigenvalue weighted by molar-refractivity contribution is 5.69. The van der Waals surface area contributed by atoms with Gasteiger partial charge in [0.15, 0.2) is 0 Å². The number of rotatable bonds is 6. The maximum absolute atomic E-state index is 11.0. The van der Waals surface area contributed by atoms with Crippen LogP contribution >= 0.6 is 0 Å². The Kier molecular flexibility index (Phi) is 5.79. The summed E-state index contributed by atoms with van der Waals surface area (Å²) in [5, 5.41) is 10.1. The third-order valence-corrected chi connectivity index (χ3v) is 3.07. The average molecular weight is 266 g/mol. The van der Waals surface area contributed by atoms with Crippen molar-refractivity contribution in [1.29, 1.82) is 0 Å². The first-order chi connectivity index (χ1) is 8.95. The number of carbonyl (C=O) groups is 1. The molecule has 106 valence electrons. The van der Waals surface area contributed by atoms with Gasteiger partial charge >= 0.3 is 5.97 Å². The molecule has 1 aromatic carbocycles. The number of nitrogens with zero attached hydrogens (tertiary/aromatic N) is 1. The predicted molar refractivity (Wildman–Crippen MR) is 75.0 cm³/mol. The highest BCUT2D eigenvalue weighted by Crippen LogP contribution is 2.21. The van der Waals surface area contributed by atoms with Gasteiger partial charge in [-0.1, -0.05) is 12.1 Å². The second-order valence-electron chi connectivity index (χ2n) is 4.71. The Balaban J connectivity index is 2.60. The van der Waals surface area contributed by atoms with Gasteiger partial charge in [-0.2, -0.15) is 0 Å². The van der Waals surface area contributed by atoms with E-state index in [1.807, 2.05) is 43.3 Å². The van der Waals surface area contributed by atoms with Crippen LogP contribution in [0.15, 0.2) is 24.3 Å². The molecule has 0 fully saturated rings. The lowest BCUT2D eigenvalue weighted by molar-refractivity contribution is -0.140. The summed E-state index contributed by atoms with van der Waals surface area (Å²) < 4.78 is 4.55. The van der Waals surface area contributed by atoms with Gasteiger partial charge in [0.1, 0.15) is 0 Å². The van der Waals surface area contributed by atoms with Gasteiger partial charge in [0.25, 0.3) is 0 Å². The van der Waals surface area contributed by atoms with Crippen molar-refractivity contribution in [3.63, 3.8) is 0 Å². The van der Waals surface area contributed by atoms with Gasteiger partial charge in [-0.15, -0.1) is 0 Å². The van der Waals surface area contributed by atoms with Crippen LogP contribution in [-0.2, 0) is 9.53 Å². The number of aliphatic hydroxyl groups excluding tert-OH is 1. The van der Waals surface area contributed by atoms with E-state index < -0.39 is 12.1 Å². The van der Waals surface area contributed by atoms with Crippen molar-refractivity contribution >= 4 is 11.7 Å². The highest BCUT2D eigenvalue weighted by atomic mass is 16.5. The Morgan fingerprint density at radius 1 is 1.37 bits per heavy atom. The zero-order chi connectivity index (χ0) is 14.4. The first-order valence-electron chi connectivity index (χ1n) is 6.23. The van der Waals surface area contributed by atoms with E-state index in [0.717, 1.165) is 11.3 Å². The minimum absolute atomic E-state index is 0.213. The summed E-state index contributed by atoms with van der Waals surface area (Å²) in [6.45, 7) is 0. The Morgan fingerprint density at radius 2 is 1.95 bits per heavy atom. The number of ether oxygens (including phenoxy) is 1. The number of hydrogen-bond donors (Lipinski definition) is 2. The van der Waals surface area contributed by atoms with E-state index in [1.54, 1.807) is 0 Å². The minimum Gasteiger partial charge on any atom is -0.469 e. The average Bonchev–Trinajstić information content (AvgIpc) is 2.43. The van der Waals surface area contributed by atoms with Crippen molar-refractivity contribution < 1.29 is 14.6 Å². The van der Waals surface area contributed by atoms with Crippen LogP contribution in [-0.4, -0.2) is 38.3 Å². The van der Waals surface area contributed by atoms with Gasteiger partial charge in [0, 0.05) is 32.2 Å². The molecular formula is C14H22N2O3. The van der Waals surface area contributed by atoms with Crippen LogP contribution in [0.5, 0.6) is 0 Å². The van der Waals surface area contributed by atoms with E-state index in [-0.39, 0.29) is 12.4 Å². The van der Waals surface area contributed by atoms with Gasteiger partial charge in [-0.05, 0) is 24.1 Å². The summed E-state index contributed by atoms with van der Waals surface area (Å²) in [7, 11) is 5.24. The van der Waals surface area contributed by atoms with Crippen LogP contribution in [0.25, 0.3) is 0 Å². The second-order valence-corrected chi connectivity index (χ2v) is 4.71. The maximum Gasteiger partial charge on any atom is 0.305 e. The summed E-state index contributed by atoms with van der Waals surface area (Å²) in [6, 6.07) is 7.05. The quantitative estimate of drug-likeness (QED) is 0.753. The van der Waals surface area contributed by atoms with Crippen LogP contribution in [0.4, 0.5) is 5.69 Å². The largest absolute Gasteiger partial charge is 0.469 e. The number of methoxy groups -OCH3 is 1. The molecule has 0 aliphatic rings. The van der Waals surface area contributed by atoms with Crippen molar-refractivity contribution in [2.75, 3.05) is 26.1 Å². The Bertz CT molecular complexity index is 404. The number of aliphatic hydroxyl groups is 1. The molecule has 0 spiro atoms. The molecule has 0 heterocycles. The van der Waals surface area contributed by atoms with Gasteiger partial charge in [-0.3, -0.25) is 4.79 Å². The first-order valence-corrected chi connectivity index (χ1v) is 6.23. The lowest BCUT2D eigenvalue weighted by atomic mass is 9.99. The Morgan fingerprint density at radius 3 is 2.42 bits per heavy atom. The molecule has 19 heavy (non-hydrogen) atoms. The normalized spacial score (nSPS) is 13.7. The first kappa shape index (κ1) is 15.5. The van der Waals surface area contributed by atoms with Crippen molar-refractivity contribution in [3.8, 4) is 0 Å². The maximum atomic E-state index is 11.0. The molecule has 5 heteroatoms. The number of nitrogens with two attached hydrogens (primary N) is 1. The molecule has 0 aromatic heterocycles. The standard InChI is InChI=1S/C14H22N2O3/c1-16(2)11-6-4-10(5-7-11)14(18)12(15)8-9-13(17)19-3/h4-7,12,14,18H,8-9,15H2,1-3H3. The zero-order valence-corrected chi connectivity index (χ0v) is 11.7. The molecule has 1 aromatic rings. The molecule has 2 atom stereocenters. The van der Waals surface area contributed by atoms with Crippen molar-refractivity contribution in [2.24, 2.45) is 5.73 Å². The molecule has 0 aliphatic carbocycles. The number of esters is 1. The third-order valence-electron chi connectivity index (χ3n) is 3.07. The SMILES string of the molecule is COC(=O)CCC(N)C(O)c1ccc(N(C)C)cc1. The molecule has 0 aliphatic heterocycles. The monoisotopic (exact) mass is 266 g/mol. The lowest BCUT2D eigenvalue weighted by Gasteiger charge is -2.20. The molecule has 0 saturated heterocycles. The molecule has 1 rings (SSSR count). The fraction of sp³-hybridized carbons (Fsp3) is 0.500. The van der Waals surface area contributed by atoms with E-state index in [0.29, 0.717) is 6.42 Å². The van der Waals surface area contributed by atoms with Crippen LogP contribution < -0.4 is 10.6 Å². The molecule has 0 saturated carbocycles. The van der Waals surface area contributed by atoms with Crippen LogP contribution in [0.3, 0.4) is 0 Å². The molecule has 0 bridgehead atoms. The topological polar surface area (TPSA) is 75.8 Å². The molecule has 2 unspecified atom stereocenters. The van der Waals surface area contributed by atoms with Crippen molar-refractivity contribution in [1.82, 2.24) is 0 Å². The molecule has 0 radical (unpaired) electrons. The fourth-order valence-corrected chi connectivity index (χ4v) is 1.76. The van der Waals surface area contributed by atoms with Gasteiger partial charge < -0.3 is 20.5 Å². The number of hydrogen-bond acceptors (Lipinski definition) is 5. The summed E-state index contributed by atoms with van der Waals surface area (Å²) in [5.41, 5.74) is 7.69. The Labute approximate surface area is 114 Å². The highest BCUT2D eigenvalue weighted by Gasteiger charge is 2.18. The minimum atomic E-state index is -0.777.